The zero-order chi connectivity index (χ0) is 21.3. The molecule has 1 N–H and O–H groups in total. The number of carbonyl (C=O) groups excluding carboxylic acids is 1. The number of benzene rings is 1. The Bertz CT molecular complexity index is 1170. The standard InChI is InChI=1S/C20H22N6O3S/c1-14-22-9-11-25(14)20-13-21-12-18(24-20)19-4-3-10-26(19)30(28,29)17-7-5-16(6-8-17)23-15(2)27/h5-9,11-13,19H,3-4,10H2,1-2H3,(H,23,27). The largest absolute Gasteiger partial charge is 0.326 e. The third kappa shape index (κ3) is 3.83. The maximum Gasteiger partial charge on any atom is 0.243 e. The lowest BCUT2D eigenvalue weighted by Gasteiger charge is -2.24. The van der Waals surface area contributed by atoms with Gasteiger partial charge in [0, 0.05) is 31.5 Å². The second-order valence-electron chi connectivity index (χ2n) is 7.13. The van der Waals surface area contributed by atoms with Gasteiger partial charge in [-0.25, -0.2) is 18.4 Å². The SMILES string of the molecule is CC(=O)Nc1ccc(S(=O)(=O)N2CCCC2c2cncc(-n3ccnc3C)n2)cc1. The van der Waals surface area contributed by atoms with Gasteiger partial charge in [0.15, 0.2) is 5.82 Å². The summed E-state index contributed by atoms with van der Waals surface area (Å²) in [5.74, 6) is 1.17. The third-order valence-electron chi connectivity index (χ3n) is 5.04. The zero-order valence-electron chi connectivity index (χ0n) is 16.7. The van der Waals surface area contributed by atoms with Crippen molar-refractivity contribution in [1.82, 2.24) is 23.8 Å². The van der Waals surface area contributed by atoms with Crippen molar-refractivity contribution in [3.05, 3.63) is 60.6 Å². The van der Waals surface area contributed by atoms with Crippen molar-refractivity contribution in [3.63, 3.8) is 0 Å². The molecule has 0 spiro atoms. The first-order valence-electron chi connectivity index (χ1n) is 9.58. The fourth-order valence-corrected chi connectivity index (χ4v) is 5.31. The van der Waals surface area contributed by atoms with Crippen molar-refractivity contribution >= 4 is 21.6 Å². The summed E-state index contributed by atoms with van der Waals surface area (Å²) in [7, 11) is -3.72. The summed E-state index contributed by atoms with van der Waals surface area (Å²) in [5, 5.41) is 2.64. The molecule has 3 heterocycles. The van der Waals surface area contributed by atoms with Crippen molar-refractivity contribution in [3.8, 4) is 5.82 Å². The molecule has 4 rings (SSSR count). The van der Waals surface area contributed by atoms with E-state index >= 15 is 0 Å². The van der Waals surface area contributed by atoms with Crippen LogP contribution in [-0.4, -0.2) is 44.7 Å². The first-order valence-corrected chi connectivity index (χ1v) is 11.0. The molecule has 2 aromatic heterocycles. The Hall–Kier alpha value is -3.11. The number of sulfonamides is 1. The molecule has 3 aromatic rings. The van der Waals surface area contributed by atoms with Gasteiger partial charge in [-0.3, -0.25) is 14.3 Å². The number of nitrogens with zero attached hydrogens (tertiary/aromatic N) is 5. The second kappa shape index (κ2) is 7.96. The van der Waals surface area contributed by atoms with Gasteiger partial charge in [0.2, 0.25) is 15.9 Å². The summed E-state index contributed by atoms with van der Waals surface area (Å²) in [4.78, 5) is 24.5. The van der Waals surface area contributed by atoms with Crippen molar-refractivity contribution in [2.24, 2.45) is 0 Å². The van der Waals surface area contributed by atoms with E-state index in [2.05, 4.69) is 20.3 Å². The second-order valence-corrected chi connectivity index (χ2v) is 9.02. The van der Waals surface area contributed by atoms with Crippen molar-refractivity contribution in [2.45, 2.75) is 37.6 Å². The molecule has 1 saturated heterocycles. The highest BCUT2D eigenvalue weighted by molar-refractivity contribution is 7.89. The smallest absolute Gasteiger partial charge is 0.243 e. The van der Waals surface area contributed by atoms with Gasteiger partial charge in [0.1, 0.15) is 5.82 Å². The summed E-state index contributed by atoms with van der Waals surface area (Å²) in [6.07, 6.45) is 8.14. The molecule has 1 aliphatic rings. The number of hydrogen-bond donors (Lipinski definition) is 1. The number of hydrogen-bond acceptors (Lipinski definition) is 6. The molecule has 1 aliphatic heterocycles. The Labute approximate surface area is 174 Å². The predicted molar refractivity (Wildman–Crippen MR) is 111 cm³/mol. The van der Waals surface area contributed by atoms with Gasteiger partial charge < -0.3 is 5.32 Å². The average molecular weight is 427 g/mol. The summed E-state index contributed by atoms with van der Waals surface area (Å²) in [6, 6.07) is 5.80. The highest BCUT2D eigenvalue weighted by Gasteiger charge is 2.37. The van der Waals surface area contributed by atoms with Crippen LogP contribution in [0, 0.1) is 6.92 Å². The number of carbonyl (C=O) groups is 1. The van der Waals surface area contributed by atoms with Crippen LogP contribution in [0.1, 0.15) is 37.3 Å². The third-order valence-corrected chi connectivity index (χ3v) is 6.96. The molecular formula is C20H22N6O3S. The molecule has 1 amide bonds. The van der Waals surface area contributed by atoms with E-state index in [-0.39, 0.29) is 16.8 Å². The van der Waals surface area contributed by atoms with Crippen LogP contribution in [0.2, 0.25) is 0 Å². The average Bonchev–Trinajstić information content (AvgIpc) is 3.37. The van der Waals surface area contributed by atoms with Gasteiger partial charge in [-0.1, -0.05) is 0 Å². The Kier molecular flexibility index (Phi) is 5.35. The molecule has 1 atom stereocenters. The molecule has 156 valence electrons. The Morgan fingerprint density at radius 3 is 2.63 bits per heavy atom. The van der Waals surface area contributed by atoms with Gasteiger partial charge in [0.05, 0.1) is 29.0 Å². The zero-order valence-corrected chi connectivity index (χ0v) is 17.5. The van der Waals surface area contributed by atoms with E-state index in [0.29, 0.717) is 30.2 Å². The number of rotatable bonds is 5. The minimum Gasteiger partial charge on any atom is -0.326 e. The highest BCUT2D eigenvalue weighted by atomic mass is 32.2. The molecule has 0 bridgehead atoms. The van der Waals surface area contributed by atoms with E-state index in [1.54, 1.807) is 36.9 Å². The monoisotopic (exact) mass is 426 g/mol. The molecule has 9 nitrogen and oxygen atoms in total. The van der Waals surface area contributed by atoms with Crippen LogP contribution < -0.4 is 5.32 Å². The normalized spacial score (nSPS) is 17.2. The van der Waals surface area contributed by atoms with Crippen LogP contribution in [0.3, 0.4) is 0 Å². The summed E-state index contributed by atoms with van der Waals surface area (Å²) >= 11 is 0. The quantitative estimate of drug-likeness (QED) is 0.671. The van der Waals surface area contributed by atoms with Crippen molar-refractivity contribution in [1.29, 1.82) is 0 Å². The molecule has 0 aliphatic carbocycles. The van der Waals surface area contributed by atoms with Gasteiger partial charge in [-0.15, -0.1) is 0 Å². The van der Waals surface area contributed by atoms with Crippen LogP contribution in [0.25, 0.3) is 5.82 Å². The van der Waals surface area contributed by atoms with E-state index in [9.17, 15) is 13.2 Å². The highest BCUT2D eigenvalue weighted by Crippen LogP contribution is 2.36. The van der Waals surface area contributed by atoms with Gasteiger partial charge in [0.25, 0.3) is 0 Å². The molecule has 1 unspecified atom stereocenters. The van der Waals surface area contributed by atoms with E-state index in [1.807, 2.05) is 11.5 Å². The first kappa shape index (κ1) is 20.2. The molecule has 1 fully saturated rings. The Balaban J connectivity index is 1.63. The molecule has 0 radical (unpaired) electrons. The summed E-state index contributed by atoms with van der Waals surface area (Å²) in [6.45, 7) is 3.68. The molecule has 1 aromatic carbocycles. The number of nitrogens with one attached hydrogen (secondary N) is 1. The predicted octanol–water partition coefficient (Wildman–Crippen LogP) is 2.45. The van der Waals surface area contributed by atoms with Crippen LogP contribution in [-0.2, 0) is 14.8 Å². The molecule has 0 saturated carbocycles. The molecule has 30 heavy (non-hydrogen) atoms. The lowest BCUT2D eigenvalue weighted by atomic mass is 10.2. The van der Waals surface area contributed by atoms with E-state index in [4.69, 9.17) is 0 Å². The Morgan fingerprint density at radius 1 is 1.20 bits per heavy atom. The van der Waals surface area contributed by atoms with Crippen molar-refractivity contribution in [2.75, 3.05) is 11.9 Å². The Morgan fingerprint density at radius 2 is 1.97 bits per heavy atom. The van der Waals surface area contributed by atoms with Crippen LogP contribution in [0.15, 0.2) is 53.9 Å². The minimum atomic E-state index is -3.72. The van der Waals surface area contributed by atoms with Crippen molar-refractivity contribution < 1.29 is 13.2 Å². The first-order chi connectivity index (χ1) is 14.4. The van der Waals surface area contributed by atoms with Crippen LogP contribution in [0.5, 0.6) is 0 Å². The van der Waals surface area contributed by atoms with Gasteiger partial charge >= 0.3 is 0 Å². The minimum absolute atomic E-state index is 0.179. The van der Waals surface area contributed by atoms with Crippen LogP contribution >= 0.6 is 0 Å². The maximum atomic E-state index is 13.3. The van der Waals surface area contributed by atoms with Gasteiger partial charge in [-0.2, -0.15) is 4.31 Å². The molecular weight excluding hydrogens is 404 g/mol. The van der Waals surface area contributed by atoms with E-state index in [0.717, 1.165) is 12.2 Å². The lowest BCUT2D eigenvalue weighted by Crippen LogP contribution is -2.31. The summed E-state index contributed by atoms with van der Waals surface area (Å²) < 4.78 is 29.9. The fourth-order valence-electron chi connectivity index (χ4n) is 3.64. The molecule has 10 heteroatoms. The number of imidazole rings is 1. The number of amides is 1. The number of aromatic nitrogens is 4. The van der Waals surface area contributed by atoms with Crippen LogP contribution in [0.4, 0.5) is 5.69 Å². The van der Waals surface area contributed by atoms with Gasteiger partial charge in [-0.05, 0) is 44.0 Å². The maximum absolute atomic E-state index is 13.3. The topological polar surface area (TPSA) is 110 Å². The number of anilines is 1. The lowest BCUT2D eigenvalue weighted by molar-refractivity contribution is -0.114. The summed E-state index contributed by atoms with van der Waals surface area (Å²) in [5.41, 5.74) is 1.16. The van der Waals surface area contributed by atoms with E-state index in [1.165, 1.54) is 23.4 Å². The fraction of sp³-hybridized carbons (Fsp3) is 0.300. The number of aryl methyl sites for hydroxylation is 1. The van der Waals surface area contributed by atoms with E-state index < -0.39 is 10.0 Å².